The fourth-order valence-corrected chi connectivity index (χ4v) is 1.74. The monoisotopic (exact) mass is 243 g/mol. The summed E-state index contributed by atoms with van der Waals surface area (Å²) in [5.41, 5.74) is 6.92. The minimum atomic E-state index is -0.158. The molecule has 0 aliphatic rings. The summed E-state index contributed by atoms with van der Waals surface area (Å²) in [6.45, 7) is 0.0882. The maximum Gasteiger partial charge on any atom is 0.127 e. The molecular formula is C15H17NO2. The molecule has 0 aliphatic carbocycles. The van der Waals surface area contributed by atoms with Crippen molar-refractivity contribution in [3.8, 4) is 11.5 Å². The van der Waals surface area contributed by atoms with Crippen LogP contribution in [-0.2, 0) is 0 Å². The summed E-state index contributed by atoms with van der Waals surface area (Å²) in [4.78, 5) is 0. The maximum absolute atomic E-state index is 8.89. The second-order valence-electron chi connectivity index (χ2n) is 4.11. The van der Waals surface area contributed by atoms with E-state index < -0.39 is 0 Å². The Hall–Kier alpha value is -1.84. The molecule has 0 spiro atoms. The number of aliphatic hydroxyl groups is 1. The average Bonchev–Trinajstić information content (AvgIpc) is 2.40. The van der Waals surface area contributed by atoms with E-state index in [-0.39, 0.29) is 12.6 Å². The largest absolute Gasteiger partial charge is 0.457 e. The van der Waals surface area contributed by atoms with Gasteiger partial charge >= 0.3 is 0 Å². The summed E-state index contributed by atoms with van der Waals surface area (Å²) >= 11 is 0. The average molecular weight is 243 g/mol. The molecule has 0 aliphatic heterocycles. The zero-order valence-corrected chi connectivity index (χ0v) is 10.1. The molecule has 1 atom stereocenters. The molecule has 2 rings (SSSR count). The maximum atomic E-state index is 8.89. The summed E-state index contributed by atoms with van der Waals surface area (Å²) in [6.07, 6.45) is 0.550. The molecule has 2 aromatic rings. The molecule has 0 bridgehead atoms. The van der Waals surface area contributed by atoms with Crippen LogP contribution in [0.2, 0.25) is 0 Å². The van der Waals surface area contributed by atoms with Crippen molar-refractivity contribution in [2.75, 3.05) is 6.61 Å². The van der Waals surface area contributed by atoms with Crippen molar-refractivity contribution in [2.24, 2.45) is 5.73 Å². The third kappa shape index (κ3) is 3.32. The van der Waals surface area contributed by atoms with Crippen molar-refractivity contribution < 1.29 is 9.84 Å². The number of rotatable bonds is 5. The first-order chi connectivity index (χ1) is 8.79. The van der Waals surface area contributed by atoms with Gasteiger partial charge in [0.05, 0.1) is 0 Å². The number of hydrogen-bond acceptors (Lipinski definition) is 3. The van der Waals surface area contributed by atoms with E-state index in [4.69, 9.17) is 15.6 Å². The van der Waals surface area contributed by atoms with Crippen molar-refractivity contribution in [1.82, 2.24) is 0 Å². The number of benzene rings is 2. The van der Waals surface area contributed by atoms with Crippen molar-refractivity contribution >= 4 is 0 Å². The van der Waals surface area contributed by atoms with Crippen LogP contribution in [0.15, 0.2) is 54.6 Å². The van der Waals surface area contributed by atoms with Gasteiger partial charge in [-0.3, -0.25) is 0 Å². The Labute approximate surface area is 107 Å². The molecular weight excluding hydrogens is 226 g/mol. The molecule has 0 amide bonds. The molecule has 18 heavy (non-hydrogen) atoms. The predicted octanol–water partition coefficient (Wildman–Crippen LogP) is 2.86. The summed E-state index contributed by atoms with van der Waals surface area (Å²) in [7, 11) is 0. The van der Waals surface area contributed by atoms with Gasteiger partial charge < -0.3 is 15.6 Å². The highest BCUT2D eigenvalue weighted by molar-refractivity contribution is 5.34. The van der Waals surface area contributed by atoms with Crippen molar-refractivity contribution in [2.45, 2.75) is 12.5 Å². The molecule has 2 aromatic carbocycles. The van der Waals surface area contributed by atoms with Gasteiger partial charge in [0.25, 0.3) is 0 Å². The number of ether oxygens (including phenoxy) is 1. The molecule has 0 radical (unpaired) electrons. The van der Waals surface area contributed by atoms with Gasteiger partial charge in [-0.25, -0.2) is 0 Å². The van der Waals surface area contributed by atoms with Gasteiger partial charge in [0.2, 0.25) is 0 Å². The SMILES string of the molecule is NC(CCO)c1cccc(Oc2ccccc2)c1. The Morgan fingerprint density at radius 1 is 1.00 bits per heavy atom. The first-order valence-electron chi connectivity index (χ1n) is 5.99. The van der Waals surface area contributed by atoms with Crippen molar-refractivity contribution in [1.29, 1.82) is 0 Å². The lowest BCUT2D eigenvalue weighted by Crippen LogP contribution is -2.11. The summed E-state index contributed by atoms with van der Waals surface area (Å²) in [5, 5.41) is 8.89. The molecule has 1 unspecified atom stereocenters. The topological polar surface area (TPSA) is 55.5 Å². The van der Waals surface area contributed by atoms with Crippen LogP contribution in [0, 0.1) is 0 Å². The van der Waals surface area contributed by atoms with Crippen LogP contribution in [-0.4, -0.2) is 11.7 Å². The van der Waals surface area contributed by atoms with E-state index in [1.807, 2.05) is 54.6 Å². The quantitative estimate of drug-likeness (QED) is 0.849. The van der Waals surface area contributed by atoms with Gasteiger partial charge in [-0.1, -0.05) is 30.3 Å². The third-order valence-corrected chi connectivity index (χ3v) is 2.71. The standard InChI is InChI=1S/C15H17NO2/c16-15(9-10-17)12-5-4-8-14(11-12)18-13-6-2-1-3-7-13/h1-8,11,15,17H,9-10,16H2. The minimum Gasteiger partial charge on any atom is -0.457 e. The molecule has 0 aromatic heterocycles. The van der Waals surface area contributed by atoms with Crippen LogP contribution in [0.25, 0.3) is 0 Å². The van der Waals surface area contributed by atoms with Crippen LogP contribution in [0.3, 0.4) is 0 Å². The number of para-hydroxylation sites is 1. The Morgan fingerprint density at radius 2 is 1.72 bits per heavy atom. The van der Waals surface area contributed by atoms with E-state index in [9.17, 15) is 0 Å². The second kappa shape index (κ2) is 6.19. The molecule has 94 valence electrons. The molecule has 0 heterocycles. The highest BCUT2D eigenvalue weighted by Gasteiger charge is 2.06. The first-order valence-corrected chi connectivity index (χ1v) is 5.99. The van der Waals surface area contributed by atoms with Gasteiger partial charge in [-0.2, -0.15) is 0 Å². The van der Waals surface area contributed by atoms with E-state index in [0.29, 0.717) is 6.42 Å². The van der Waals surface area contributed by atoms with Gasteiger partial charge in [0, 0.05) is 12.6 Å². The van der Waals surface area contributed by atoms with E-state index >= 15 is 0 Å². The zero-order valence-electron chi connectivity index (χ0n) is 10.1. The number of nitrogens with two attached hydrogens (primary N) is 1. The fourth-order valence-electron chi connectivity index (χ4n) is 1.74. The molecule has 0 saturated carbocycles. The number of aliphatic hydroxyl groups excluding tert-OH is 1. The lowest BCUT2D eigenvalue weighted by atomic mass is 10.1. The molecule has 3 heteroatoms. The lowest BCUT2D eigenvalue weighted by molar-refractivity contribution is 0.276. The van der Waals surface area contributed by atoms with Crippen LogP contribution in [0.4, 0.5) is 0 Å². The third-order valence-electron chi connectivity index (χ3n) is 2.71. The number of hydrogen-bond donors (Lipinski definition) is 2. The smallest absolute Gasteiger partial charge is 0.127 e. The van der Waals surface area contributed by atoms with Crippen LogP contribution in [0.1, 0.15) is 18.0 Å². The van der Waals surface area contributed by atoms with E-state index in [1.54, 1.807) is 0 Å². The Bertz CT molecular complexity index is 485. The van der Waals surface area contributed by atoms with Crippen molar-refractivity contribution in [3.05, 3.63) is 60.2 Å². The highest BCUT2D eigenvalue weighted by atomic mass is 16.5. The van der Waals surface area contributed by atoms with Gasteiger partial charge in [0.15, 0.2) is 0 Å². The Kier molecular flexibility index (Phi) is 4.34. The van der Waals surface area contributed by atoms with Crippen molar-refractivity contribution in [3.63, 3.8) is 0 Å². The van der Waals surface area contributed by atoms with E-state index in [0.717, 1.165) is 17.1 Å². The van der Waals surface area contributed by atoms with Crippen LogP contribution < -0.4 is 10.5 Å². The summed E-state index contributed by atoms with van der Waals surface area (Å²) in [5.74, 6) is 1.55. The van der Waals surface area contributed by atoms with E-state index in [2.05, 4.69) is 0 Å². The normalized spacial score (nSPS) is 12.1. The summed E-state index contributed by atoms with van der Waals surface area (Å²) in [6, 6.07) is 17.1. The van der Waals surface area contributed by atoms with E-state index in [1.165, 1.54) is 0 Å². The molecule has 0 saturated heterocycles. The molecule has 3 N–H and O–H groups in total. The van der Waals surface area contributed by atoms with Crippen LogP contribution >= 0.6 is 0 Å². The highest BCUT2D eigenvalue weighted by Crippen LogP contribution is 2.24. The van der Waals surface area contributed by atoms with Crippen LogP contribution in [0.5, 0.6) is 11.5 Å². The van der Waals surface area contributed by atoms with Gasteiger partial charge in [0.1, 0.15) is 11.5 Å². The summed E-state index contributed by atoms with van der Waals surface area (Å²) < 4.78 is 5.73. The van der Waals surface area contributed by atoms with Gasteiger partial charge in [-0.15, -0.1) is 0 Å². The van der Waals surface area contributed by atoms with Gasteiger partial charge in [-0.05, 0) is 36.2 Å². The molecule has 3 nitrogen and oxygen atoms in total. The Balaban J connectivity index is 2.12. The fraction of sp³-hybridized carbons (Fsp3) is 0.200. The second-order valence-corrected chi connectivity index (χ2v) is 4.11. The lowest BCUT2D eigenvalue weighted by Gasteiger charge is -2.12. The minimum absolute atomic E-state index is 0.0882. The first kappa shape index (κ1) is 12.6. The molecule has 0 fully saturated rings. The zero-order chi connectivity index (χ0) is 12.8. The Morgan fingerprint density at radius 3 is 2.44 bits per heavy atom. The predicted molar refractivity (Wildman–Crippen MR) is 71.6 cm³/mol.